The zero-order valence-electron chi connectivity index (χ0n) is 13.6. The third-order valence-electron chi connectivity index (χ3n) is 3.80. The van der Waals surface area contributed by atoms with Crippen LogP contribution in [0.4, 0.5) is 5.69 Å². The maximum absolute atomic E-state index is 12.4. The monoisotopic (exact) mass is 350 g/mol. The number of carbonyl (C=O) groups excluding carboxylic acids is 2. The highest BCUT2D eigenvalue weighted by Gasteiger charge is 2.23. The largest absolute Gasteiger partial charge is 0.481 e. The minimum absolute atomic E-state index is 0.0755. The Morgan fingerprint density at radius 1 is 1.31 bits per heavy atom. The Labute approximate surface area is 148 Å². The molecule has 0 aliphatic carbocycles. The van der Waals surface area contributed by atoms with Crippen molar-refractivity contribution >= 4 is 17.6 Å². The van der Waals surface area contributed by atoms with Crippen molar-refractivity contribution in [3.8, 4) is 11.6 Å². The molecule has 0 radical (unpaired) electrons. The number of esters is 1. The number of fused-ring (bicyclic) bond motifs is 1. The number of rotatable bonds is 4. The molecule has 130 valence electrons. The van der Waals surface area contributed by atoms with E-state index in [4.69, 9.17) is 9.47 Å². The van der Waals surface area contributed by atoms with Gasteiger partial charge in [-0.25, -0.2) is 14.8 Å². The van der Waals surface area contributed by atoms with Crippen LogP contribution in [0.15, 0.2) is 55.2 Å². The lowest BCUT2D eigenvalue weighted by atomic mass is 10.1. The Balaban J connectivity index is 1.45. The summed E-state index contributed by atoms with van der Waals surface area (Å²) < 4.78 is 12.5. The first-order valence-electron chi connectivity index (χ1n) is 7.87. The van der Waals surface area contributed by atoms with Crippen molar-refractivity contribution < 1.29 is 19.1 Å². The Kier molecular flexibility index (Phi) is 4.06. The van der Waals surface area contributed by atoms with Crippen LogP contribution >= 0.6 is 0 Å². The molecule has 0 saturated carbocycles. The lowest BCUT2D eigenvalue weighted by Gasteiger charge is -2.19. The molecule has 1 aromatic carbocycles. The Bertz CT molecular complexity index is 952. The fourth-order valence-corrected chi connectivity index (χ4v) is 2.55. The molecule has 0 fully saturated rings. The van der Waals surface area contributed by atoms with Crippen LogP contribution in [0.2, 0.25) is 0 Å². The lowest BCUT2D eigenvalue weighted by Crippen LogP contribution is -2.26. The van der Waals surface area contributed by atoms with Gasteiger partial charge in [-0.15, -0.1) is 0 Å². The standard InChI is InChI=1S/C18H14N4O4/c23-16-10-25-17-13(2-1-3-14(17)21-16)18(24)26-9-12-4-5-15(20-8-12)22-7-6-19-11-22/h1-8,11H,9-10H2,(H,21,23). The van der Waals surface area contributed by atoms with Crippen molar-refractivity contribution in [3.05, 3.63) is 66.4 Å². The number of amides is 1. The molecule has 1 aliphatic heterocycles. The van der Waals surface area contributed by atoms with Gasteiger partial charge in [0.2, 0.25) is 0 Å². The van der Waals surface area contributed by atoms with Gasteiger partial charge in [0.25, 0.3) is 5.91 Å². The minimum Gasteiger partial charge on any atom is -0.481 e. The van der Waals surface area contributed by atoms with Crippen LogP contribution in [0.25, 0.3) is 5.82 Å². The molecule has 3 heterocycles. The number of hydrogen-bond donors (Lipinski definition) is 1. The number of benzene rings is 1. The molecule has 2 aromatic heterocycles. The van der Waals surface area contributed by atoms with Crippen molar-refractivity contribution in [1.82, 2.24) is 14.5 Å². The van der Waals surface area contributed by atoms with Crippen LogP contribution in [-0.2, 0) is 16.1 Å². The highest BCUT2D eigenvalue weighted by Crippen LogP contribution is 2.32. The highest BCUT2D eigenvalue weighted by molar-refractivity contribution is 6.01. The predicted octanol–water partition coefficient (Wildman–Crippen LogP) is 1.96. The molecular weight excluding hydrogens is 336 g/mol. The molecule has 26 heavy (non-hydrogen) atoms. The SMILES string of the molecule is O=C1COc2c(cccc2C(=O)OCc2ccc(-n3ccnc3)nc2)N1. The van der Waals surface area contributed by atoms with E-state index in [1.165, 1.54) is 0 Å². The number of imidazole rings is 1. The van der Waals surface area contributed by atoms with E-state index in [1.807, 2.05) is 12.1 Å². The van der Waals surface area contributed by atoms with Gasteiger partial charge >= 0.3 is 5.97 Å². The van der Waals surface area contributed by atoms with Crippen LogP contribution in [0, 0.1) is 0 Å². The molecule has 0 spiro atoms. The van der Waals surface area contributed by atoms with E-state index in [9.17, 15) is 9.59 Å². The average Bonchev–Trinajstić information content (AvgIpc) is 3.20. The van der Waals surface area contributed by atoms with E-state index in [-0.39, 0.29) is 24.7 Å². The predicted molar refractivity (Wildman–Crippen MR) is 91.0 cm³/mol. The third kappa shape index (κ3) is 3.12. The van der Waals surface area contributed by atoms with Crippen LogP contribution in [0.1, 0.15) is 15.9 Å². The summed E-state index contributed by atoms with van der Waals surface area (Å²) in [5.41, 5.74) is 1.48. The fraction of sp³-hybridized carbons (Fsp3) is 0.111. The summed E-state index contributed by atoms with van der Waals surface area (Å²) in [5.74, 6) is 0.258. The van der Waals surface area contributed by atoms with E-state index in [0.29, 0.717) is 11.4 Å². The number of pyridine rings is 1. The van der Waals surface area contributed by atoms with Crippen molar-refractivity contribution in [2.45, 2.75) is 6.61 Å². The van der Waals surface area contributed by atoms with Crippen molar-refractivity contribution in [2.24, 2.45) is 0 Å². The second-order valence-corrected chi connectivity index (χ2v) is 5.59. The van der Waals surface area contributed by atoms with Crippen LogP contribution in [-0.4, -0.2) is 33.0 Å². The summed E-state index contributed by atoms with van der Waals surface area (Å²) in [6, 6.07) is 8.56. The first-order valence-corrected chi connectivity index (χ1v) is 7.87. The molecule has 1 amide bonds. The number of ether oxygens (including phenoxy) is 2. The van der Waals surface area contributed by atoms with E-state index in [2.05, 4.69) is 15.3 Å². The number of para-hydroxylation sites is 1. The third-order valence-corrected chi connectivity index (χ3v) is 3.80. The van der Waals surface area contributed by atoms with Crippen molar-refractivity contribution in [1.29, 1.82) is 0 Å². The summed E-state index contributed by atoms with van der Waals surface area (Å²) in [5, 5.41) is 2.66. The molecule has 3 aromatic rings. The zero-order chi connectivity index (χ0) is 17.9. The van der Waals surface area contributed by atoms with Gasteiger partial charge in [0, 0.05) is 24.2 Å². The molecule has 4 rings (SSSR count). The molecule has 8 nitrogen and oxygen atoms in total. The maximum Gasteiger partial charge on any atom is 0.342 e. The van der Waals surface area contributed by atoms with Gasteiger partial charge in [-0.3, -0.25) is 9.36 Å². The van der Waals surface area contributed by atoms with Crippen LogP contribution < -0.4 is 10.1 Å². The number of nitrogens with zero attached hydrogens (tertiary/aromatic N) is 3. The van der Waals surface area contributed by atoms with Crippen LogP contribution in [0.3, 0.4) is 0 Å². The van der Waals surface area contributed by atoms with E-state index in [0.717, 1.165) is 11.4 Å². The van der Waals surface area contributed by atoms with Gasteiger partial charge in [-0.1, -0.05) is 12.1 Å². The number of anilines is 1. The minimum atomic E-state index is -0.531. The highest BCUT2D eigenvalue weighted by atomic mass is 16.5. The van der Waals surface area contributed by atoms with E-state index >= 15 is 0 Å². The molecule has 1 aliphatic rings. The second-order valence-electron chi connectivity index (χ2n) is 5.59. The van der Waals surface area contributed by atoms with Crippen molar-refractivity contribution in [3.63, 3.8) is 0 Å². The average molecular weight is 350 g/mol. The smallest absolute Gasteiger partial charge is 0.342 e. The van der Waals surface area contributed by atoms with Gasteiger partial charge in [0.15, 0.2) is 12.4 Å². The number of aromatic nitrogens is 3. The first-order chi connectivity index (χ1) is 12.7. The molecule has 8 heteroatoms. The van der Waals surface area contributed by atoms with Gasteiger partial charge < -0.3 is 14.8 Å². The summed E-state index contributed by atoms with van der Waals surface area (Å²) in [6.07, 6.45) is 6.75. The first kappa shape index (κ1) is 15.8. The second kappa shape index (κ2) is 6.67. The van der Waals surface area contributed by atoms with Crippen molar-refractivity contribution in [2.75, 3.05) is 11.9 Å². The maximum atomic E-state index is 12.4. The normalized spacial score (nSPS) is 12.7. The van der Waals surface area contributed by atoms with Crippen LogP contribution in [0.5, 0.6) is 5.75 Å². The number of nitrogens with one attached hydrogen (secondary N) is 1. The molecule has 1 N–H and O–H groups in total. The Morgan fingerprint density at radius 3 is 3.00 bits per heavy atom. The fourth-order valence-electron chi connectivity index (χ4n) is 2.55. The molecule has 0 atom stereocenters. The molecule has 0 unspecified atom stereocenters. The van der Waals surface area contributed by atoms with Gasteiger partial charge in [0.1, 0.15) is 24.3 Å². The summed E-state index contributed by atoms with van der Waals surface area (Å²) in [7, 11) is 0. The van der Waals surface area contributed by atoms with Gasteiger partial charge in [0.05, 0.1) is 5.69 Å². The topological polar surface area (TPSA) is 95.3 Å². The molecule has 0 saturated heterocycles. The molecule has 0 bridgehead atoms. The number of carbonyl (C=O) groups is 2. The zero-order valence-corrected chi connectivity index (χ0v) is 13.6. The van der Waals surface area contributed by atoms with E-state index < -0.39 is 5.97 Å². The molecular formula is C18H14N4O4. The lowest BCUT2D eigenvalue weighted by molar-refractivity contribution is -0.118. The van der Waals surface area contributed by atoms with Gasteiger partial charge in [-0.05, 0) is 18.2 Å². The van der Waals surface area contributed by atoms with Gasteiger partial charge in [-0.2, -0.15) is 0 Å². The summed E-state index contributed by atoms with van der Waals surface area (Å²) in [4.78, 5) is 32.0. The summed E-state index contributed by atoms with van der Waals surface area (Å²) in [6.45, 7) is -0.0526. The Morgan fingerprint density at radius 2 is 2.23 bits per heavy atom. The van der Waals surface area contributed by atoms with E-state index in [1.54, 1.807) is 47.7 Å². The summed E-state index contributed by atoms with van der Waals surface area (Å²) >= 11 is 0. The Hall–Kier alpha value is -3.68. The quantitative estimate of drug-likeness (QED) is 0.723. The number of hydrogen-bond acceptors (Lipinski definition) is 6.